The van der Waals surface area contributed by atoms with E-state index in [2.05, 4.69) is 19.9 Å². The SMILES string of the molecule is Cc1cc(Cl)ccc1C1(C(C)N)CC1. The van der Waals surface area contributed by atoms with Gasteiger partial charge in [0, 0.05) is 16.5 Å². The number of hydrogen-bond acceptors (Lipinski definition) is 1. The van der Waals surface area contributed by atoms with Crippen molar-refractivity contribution in [3.63, 3.8) is 0 Å². The molecule has 1 fully saturated rings. The fourth-order valence-electron chi connectivity index (χ4n) is 2.29. The molecule has 0 amide bonds. The summed E-state index contributed by atoms with van der Waals surface area (Å²) in [6.07, 6.45) is 2.43. The lowest BCUT2D eigenvalue weighted by Gasteiger charge is -2.22. The molecule has 0 saturated heterocycles. The maximum atomic E-state index is 6.04. The van der Waals surface area contributed by atoms with E-state index in [9.17, 15) is 0 Å². The van der Waals surface area contributed by atoms with E-state index in [4.69, 9.17) is 17.3 Å². The summed E-state index contributed by atoms with van der Waals surface area (Å²) < 4.78 is 0. The van der Waals surface area contributed by atoms with Crippen LogP contribution in [0.25, 0.3) is 0 Å². The van der Waals surface area contributed by atoms with Gasteiger partial charge in [-0.05, 0) is 49.9 Å². The topological polar surface area (TPSA) is 26.0 Å². The molecule has 2 N–H and O–H groups in total. The number of halogens is 1. The highest BCUT2D eigenvalue weighted by Gasteiger charge is 2.47. The fourth-order valence-corrected chi connectivity index (χ4v) is 2.52. The third kappa shape index (κ3) is 1.45. The summed E-state index contributed by atoms with van der Waals surface area (Å²) >= 11 is 5.94. The lowest BCUT2D eigenvalue weighted by Crippen LogP contribution is -2.32. The first-order valence-corrected chi connectivity index (χ1v) is 5.46. The van der Waals surface area contributed by atoms with Crippen molar-refractivity contribution in [2.45, 2.75) is 38.1 Å². The van der Waals surface area contributed by atoms with E-state index in [1.165, 1.54) is 24.0 Å². The third-order valence-corrected chi connectivity index (χ3v) is 3.62. The van der Waals surface area contributed by atoms with E-state index >= 15 is 0 Å². The van der Waals surface area contributed by atoms with Crippen LogP contribution in [0, 0.1) is 6.92 Å². The highest BCUT2D eigenvalue weighted by molar-refractivity contribution is 6.30. The Morgan fingerprint density at radius 3 is 2.50 bits per heavy atom. The monoisotopic (exact) mass is 209 g/mol. The Labute approximate surface area is 90.3 Å². The van der Waals surface area contributed by atoms with E-state index in [1.807, 2.05) is 12.1 Å². The van der Waals surface area contributed by atoms with Crippen LogP contribution in [-0.4, -0.2) is 6.04 Å². The predicted molar refractivity (Wildman–Crippen MR) is 60.8 cm³/mol. The molecule has 1 aromatic carbocycles. The van der Waals surface area contributed by atoms with Crippen molar-refractivity contribution < 1.29 is 0 Å². The van der Waals surface area contributed by atoms with Gasteiger partial charge in [-0.2, -0.15) is 0 Å². The summed E-state index contributed by atoms with van der Waals surface area (Å²) in [4.78, 5) is 0. The molecule has 2 heteroatoms. The third-order valence-electron chi connectivity index (χ3n) is 3.39. The molecule has 1 aromatic rings. The van der Waals surface area contributed by atoms with Gasteiger partial charge >= 0.3 is 0 Å². The molecule has 0 bridgehead atoms. The summed E-state index contributed by atoms with van der Waals surface area (Å²) in [5, 5.41) is 0.812. The van der Waals surface area contributed by atoms with E-state index in [1.54, 1.807) is 0 Å². The van der Waals surface area contributed by atoms with Crippen molar-refractivity contribution >= 4 is 11.6 Å². The lowest BCUT2D eigenvalue weighted by atomic mass is 9.86. The van der Waals surface area contributed by atoms with Gasteiger partial charge in [0.05, 0.1) is 0 Å². The molecule has 1 unspecified atom stereocenters. The Bertz CT molecular complexity index is 353. The number of benzene rings is 1. The molecule has 0 radical (unpaired) electrons. The van der Waals surface area contributed by atoms with Crippen molar-refractivity contribution in [2.24, 2.45) is 5.73 Å². The highest BCUT2D eigenvalue weighted by Crippen LogP contribution is 2.51. The molecule has 1 aliphatic rings. The molecule has 1 aliphatic carbocycles. The smallest absolute Gasteiger partial charge is 0.0408 e. The van der Waals surface area contributed by atoms with Gasteiger partial charge in [-0.1, -0.05) is 17.7 Å². The van der Waals surface area contributed by atoms with Crippen LogP contribution >= 0.6 is 11.6 Å². The molecule has 14 heavy (non-hydrogen) atoms. The highest BCUT2D eigenvalue weighted by atomic mass is 35.5. The maximum Gasteiger partial charge on any atom is 0.0408 e. The summed E-state index contributed by atoms with van der Waals surface area (Å²) in [6.45, 7) is 4.21. The Morgan fingerprint density at radius 1 is 1.43 bits per heavy atom. The van der Waals surface area contributed by atoms with Gasteiger partial charge in [0.25, 0.3) is 0 Å². The summed E-state index contributed by atoms with van der Waals surface area (Å²) in [5.74, 6) is 0. The van der Waals surface area contributed by atoms with Crippen molar-refractivity contribution in [3.8, 4) is 0 Å². The molecule has 1 atom stereocenters. The van der Waals surface area contributed by atoms with Gasteiger partial charge in [-0.25, -0.2) is 0 Å². The summed E-state index contributed by atoms with van der Waals surface area (Å²) in [6, 6.07) is 6.36. The normalized spacial score (nSPS) is 20.6. The first kappa shape index (κ1) is 10.0. The van der Waals surface area contributed by atoms with Crippen LogP contribution in [0.3, 0.4) is 0 Å². The Morgan fingerprint density at radius 2 is 2.07 bits per heavy atom. The predicted octanol–water partition coefficient (Wildman–Crippen LogP) is 3.03. The van der Waals surface area contributed by atoms with Crippen LogP contribution in [0.2, 0.25) is 5.02 Å². The minimum Gasteiger partial charge on any atom is -0.327 e. The Balaban J connectivity index is 2.42. The average molecular weight is 210 g/mol. The minimum absolute atomic E-state index is 0.238. The first-order chi connectivity index (χ1) is 6.56. The molecular formula is C12H16ClN. The van der Waals surface area contributed by atoms with Crippen molar-refractivity contribution in [1.29, 1.82) is 0 Å². The second-order valence-electron chi connectivity index (χ2n) is 4.40. The first-order valence-electron chi connectivity index (χ1n) is 5.08. The average Bonchev–Trinajstić information content (AvgIpc) is 2.84. The maximum absolute atomic E-state index is 6.04. The molecule has 0 aliphatic heterocycles. The van der Waals surface area contributed by atoms with Gasteiger partial charge < -0.3 is 5.73 Å². The molecule has 0 heterocycles. The quantitative estimate of drug-likeness (QED) is 0.796. The van der Waals surface area contributed by atoms with E-state index in [0.717, 1.165) is 5.02 Å². The standard InChI is InChI=1S/C12H16ClN/c1-8-7-10(13)3-4-11(8)12(5-6-12)9(2)14/h3-4,7,9H,5-6,14H2,1-2H3. The van der Waals surface area contributed by atoms with Gasteiger partial charge in [0.1, 0.15) is 0 Å². The van der Waals surface area contributed by atoms with Crippen LogP contribution in [0.1, 0.15) is 30.9 Å². The van der Waals surface area contributed by atoms with Crippen molar-refractivity contribution in [3.05, 3.63) is 34.3 Å². The zero-order chi connectivity index (χ0) is 10.3. The van der Waals surface area contributed by atoms with Crippen LogP contribution in [0.15, 0.2) is 18.2 Å². The minimum atomic E-state index is 0.238. The van der Waals surface area contributed by atoms with Crippen LogP contribution < -0.4 is 5.73 Å². The van der Waals surface area contributed by atoms with Crippen LogP contribution in [0.4, 0.5) is 0 Å². The Hall–Kier alpha value is -0.530. The van der Waals surface area contributed by atoms with Gasteiger partial charge in [0.15, 0.2) is 0 Å². The number of nitrogens with two attached hydrogens (primary N) is 1. The van der Waals surface area contributed by atoms with Crippen molar-refractivity contribution in [1.82, 2.24) is 0 Å². The van der Waals surface area contributed by atoms with Crippen LogP contribution in [0.5, 0.6) is 0 Å². The lowest BCUT2D eigenvalue weighted by molar-refractivity contribution is 0.554. The zero-order valence-corrected chi connectivity index (χ0v) is 9.43. The number of aryl methyl sites for hydroxylation is 1. The Kier molecular flexibility index (Phi) is 2.32. The fraction of sp³-hybridized carbons (Fsp3) is 0.500. The molecule has 2 rings (SSSR count). The van der Waals surface area contributed by atoms with Crippen molar-refractivity contribution in [2.75, 3.05) is 0 Å². The van der Waals surface area contributed by atoms with E-state index < -0.39 is 0 Å². The molecule has 1 nitrogen and oxygen atoms in total. The number of rotatable bonds is 2. The summed E-state index contributed by atoms with van der Waals surface area (Å²) in [5.41, 5.74) is 8.94. The number of hydrogen-bond donors (Lipinski definition) is 1. The van der Waals surface area contributed by atoms with Crippen LogP contribution in [-0.2, 0) is 5.41 Å². The molecular weight excluding hydrogens is 194 g/mol. The zero-order valence-electron chi connectivity index (χ0n) is 8.68. The van der Waals surface area contributed by atoms with E-state index in [0.29, 0.717) is 0 Å². The largest absolute Gasteiger partial charge is 0.327 e. The van der Waals surface area contributed by atoms with E-state index in [-0.39, 0.29) is 11.5 Å². The second kappa shape index (κ2) is 3.25. The molecule has 0 aromatic heterocycles. The van der Waals surface area contributed by atoms with Gasteiger partial charge in [-0.15, -0.1) is 0 Å². The molecule has 76 valence electrons. The van der Waals surface area contributed by atoms with Gasteiger partial charge in [0.2, 0.25) is 0 Å². The van der Waals surface area contributed by atoms with Gasteiger partial charge in [-0.3, -0.25) is 0 Å². The molecule has 1 saturated carbocycles. The second-order valence-corrected chi connectivity index (χ2v) is 4.84. The molecule has 0 spiro atoms. The summed E-state index contributed by atoms with van der Waals surface area (Å²) in [7, 11) is 0.